The van der Waals surface area contributed by atoms with E-state index in [1.807, 2.05) is 28.8 Å². The Labute approximate surface area is 135 Å². The first-order chi connectivity index (χ1) is 10.6. The summed E-state index contributed by atoms with van der Waals surface area (Å²) in [7, 11) is 0. The van der Waals surface area contributed by atoms with Crippen LogP contribution < -0.4 is 5.32 Å². The third-order valence-electron chi connectivity index (χ3n) is 4.28. The number of carbonyl (C=O) groups is 1. The Morgan fingerprint density at radius 2 is 2.14 bits per heavy atom. The second-order valence-corrected chi connectivity index (χ2v) is 6.37. The Balaban J connectivity index is 1.67. The van der Waals surface area contributed by atoms with E-state index in [2.05, 4.69) is 17.2 Å². The maximum absolute atomic E-state index is 12.1. The average Bonchev–Trinajstić information content (AvgIpc) is 2.83. The van der Waals surface area contributed by atoms with Gasteiger partial charge in [0.2, 0.25) is 5.91 Å². The van der Waals surface area contributed by atoms with Gasteiger partial charge in [0.15, 0.2) is 5.15 Å². The number of aromatic nitrogens is 2. The van der Waals surface area contributed by atoms with Crippen LogP contribution in [0.4, 0.5) is 0 Å². The van der Waals surface area contributed by atoms with Gasteiger partial charge in [-0.1, -0.05) is 24.6 Å². The average molecular weight is 318 g/mol. The van der Waals surface area contributed by atoms with Crippen molar-refractivity contribution in [1.29, 1.82) is 0 Å². The van der Waals surface area contributed by atoms with Crippen molar-refractivity contribution in [1.82, 2.24) is 14.7 Å². The molecule has 22 heavy (non-hydrogen) atoms. The minimum atomic E-state index is -0.0681. The fourth-order valence-corrected chi connectivity index (χ4v) is 3.18. The van der Waals surface area contributed by atoms with Crippen LogP contribution in [-0.4, -0.2) is 21.3 Å². The number of nitrogens with zero attached hydrogens (tertiary/aromatic N) is 2. The van der Waals surface area contributed by atoms with Crippen molar-refractivity contribution in [3.8, 4) is 0 Å². The van der Waals surface area contributed by atoms with Crippen molar-refractivity contribution in [2.75, 3.05) is 0 Å². The number of amides is 1. The molecule has 0 aliphatic heterocycles. The summed E-state index contributed by atoms with van der Waals surface area (Å²) >= 11 is 6.14. The Kier molecular flexibility index (Phi) is 4.48. The van der Waals surface area contributed by atoms with Crippen molar-refractivity contribution in [2.45, 2.75) is 38.6 Å². The summed E-state index contributed by atoms with van der Waals surface area (Å²) in [6, 6.07) is 5.99. The van der Waals surface area contributed by atoms with Crippen molar-refractivity contribution in [3.05, 3.63) is 41.3 Å². The molecule has 0 unspecified atom stereocenters. The molecule has 5 heteroatoms. The lowest BCUT2D eigenvalue weighted by Gasteiger charge is -2.26. The summed E-state index contributed by atoms with van der Waals surface area (Å²) in [5.41, 5.74) is 1.50. The monoisotopic (exact) mass is 317 g/mol. The SMILES string of the molecule is CC1CCC(NC(=O)C=Cc2c(Cl)nc3ccccn23)CC1. The molecule has 2 aromatic heterocycles. The summed E-state index contributed by atoms with van der Waals surface area (Å²) in [6.45, 7) is 2.27. The smallest absolute Gasteiger partial charge is 0.244 e. The highest BCUT2D eigenvalue weighted by Gasteiger charge is 2.18. The van der Waals surface area contributed by atoms with Gasteiger partial charge in [0.25, 0.3) is 0 Å². The van der Waals surface area contributed by atoms with Crippen LogP contribution in [-0.2, 0) is 4.79 Å². The highest BCUT2D eigenvalue weighted by molar-refractivity contribution is 6.31. The lowest BCUT2D eigenvalue weighted by Crippen LogP contribution is -2.36. The van der Waals surface area contributed by atoms with E-state index in [-0.39, 0.29) is 5.91 Å². The van der Waals surface area contributed by atoms with Gasteiger partial charge >= 0.3 is 0 Å². The molecule has 0 bridgehead atoms. The predicted octanol–water partition coefficient (Wildman–Crippen LogP) is 3.70. The van der Waals surface area contributed by atoms with E-state index in [4.69, 9.17) is 11.6 Å². The molecule has 0 saturated heterocycles. The van der Waals surface area contributed by atoms with Crippen LogP contribution in [0.3, 0.4) is 0 Å². The normalized spacial score (nSPS) is 22.3. The van der Waals surface area contributed by atoms with Gasteiger partial charge in [0, 0.05) is 18.3 Å². The molecule has 1 aliphatic rings. The fraction of sp³-hybridized carbons (Fsp3) is 0.412. The molecule has 0 atom stereocenters. The molecule has 0 spiro atoms. The molecular weight excluding hydrogens is 298 g/mol. The molecule has 4 nitrogen and oxygen atoms in total. The van der Waals surface area contributed by atoms with Gasteiger partial charge in [-0.3, -0.25) is 9.20 Å². The highest BCUT2D eigenvalue weighted by atomic mass is 35.5. The Morgan fingerprint density at radius 3 is 2.91 bits per heavy atom. The number of pyridine rings is 1. The summed E-state index contributed by atoms with van der Waals surface area (Å²) in [5, 5.41) is 3.48. The molecule has 1 N–H and O–H groups in total. The second kappa shape index (κ2) is 6.53. The zero-order valence-corrected chi connectivity index (χ0v) is 13.4. The van der Waals surface area contributed by atoms with Crippen LogP contribution in [0, 0.1) is 5.92 Å². The number of hydrogen-bond acceptors (Lipinski definition) is 2. The minimum absolute atomic E-state index is 0.0681. The molecule has 2 aromatic rings. The molecule has 1 fully saturated rings. The molecular formula is C17H20ClN3O. The largest absolute Gasteiger partial charge is 0.350 e. The standard InChI is InChI=1S/C17H20ClN3O/c1-12-5-7-13(8-6-12)19-16(22)10-9-14-17(18)20-15-4-2-3-11-21(14)15/h2-4,9-13H,5-8H2,1H3,(H,19,22). The summed E-state index contributed by atoms with van der Waals surface area (Å²) in [5.74, 6) is 0.710. The Morgan fingerprint density at radius 1 is 1.36 bits per heavy atom. The topological polar surface area (TPSA) is 46.4 Å². The number of carbonyl (C=O) groups excluding carboxylic acids is 1. The van der Waals surface area contributed by atoms with E-state index in [1.165, 1.54) is 12.8 Å². The van der Waals surface area contributed by atoms with Gasteiger partial charge in [-0.05, 0) is 49.8 Å². The van der Waals surface area contributed by atoms with E-state index < -0.39 is 0 Å². The minimum Gasteiger partial charge on any atom is -0.350 e. The van der Waals surface area contributed by atoms with Gasteiger partial charge in [-0.15, -0.1) is 0 Å². The number of imidazole rings is 1. The Hall–Kier alpha value is -1.81. The quantitative estimate of drug-likeness (QED) is 0.877. The van der Waals surface area contributed by atoms with Crippen LogP contribution in [0.2, 0.25) is 5.15 Å². The second-order valence-electron chi connectivity index (χ2n) is 6.02. The first-order valence-corrected chi connectivity index (χ1v) is 8.12. The zero-order chi connectivity index (χ0) is 15.5. The Bertz CT molecular complexity index is 699. The van der Waals surface area contributed by atoms with E-state index in [0.717, 1.165) is 30.1 Å². The molecule has 2 heterocycles. The number of halogens is 1. The van der Waals surface area contributed by atoms with Crippen molar-refractivity contribution >= 4 is 29.2 Å². The maximum atomic E-state index is 12.1. The van der Waals surface area contributed by atoms with Gasteiger partial charge in [0.05, 0.1) is 5.69 Å². The molecule has 1 aliphatic carbocycles. The molecule has 116 valence electrons. The van der Waals surface area contributed by atoms with Crippen LogP contribution in [0.5, 0.6) is 0 Å². The zero-order valence-electron chi connectivity index (χ0n) is 12.6. The lowest BCUT2D eigenvalue weighted by molar-refractivity contribution is -0.117. The van der Waals surface area contributed by atoms with Crippen LogP contribution in [0.15, 0.2) is 30.5 Å². The van der Waals surface area contributed by atoms with E-state index in [0.29, 0.717) is 11.2 Å². The number of hydrogen-bond donors (Lipinski definition) is 1. The predicted molar refractivity (Wildman–Crippen MR) is 88.8 cm³/mol. The third-order valence-corrected chi connectivity index (χ3v) is 4.55. The highest BCUT2D eigenvalue weighted by Crippen LogP contribution is 2.23. The van der Waals surface area contributed by atoms with Crippen LogP contribution in [0.1, 0.15) is 38.3 Å². The summed E-state index contributed by atoms with van der Waals surface area (Å²) in [6.07, 6.45) is 9.66. The summed E-state index contributed by atoms with van der Waals surface area (Å²) in [4.78, 5) is 16.3. The fourth-order valence-electron chi connectivity index (χ4n) is 2.94. The number of fused-ring (bicyclic) bond motifs is 1. The molecule has 1 saturated carbocycles. The molecule has 1 amide bonds. The van der Waals surface area contributed by atoms with Crippen molar-refractivity contribution < 1.29 is 4.79 Å². The molecule has 0 radical (unpaired) electrons. The maximum Gasteiger partial charge on any atom is 0.244 e. The van der Waals surface area contributed by atoms with E-state index in [9.17, 15) is 4.79 Å². The van der Waals surface area contributed by atoms with Crippen LogP contribution >= 0.6 is 11.6 Å². The first kappa shape index (κ1) is 15.1. The first-order valence-electron chi connectivity index (χ1n) is 7.74. The summed E-state index contributed by atoms with van der Waals surface area (Å²) < 4.78 is 1.87. The van der Waals surface area contributed by atoms with Crippen LogP contribution in [0.25, 0.3) is 11.7 Å². The van der Waals surface area contributed by atoms with Crippen molar-refractivity contribution in [3.63, 3.8) is 0 Å². The van der Waals surface area contributed by atoms with Gasteiger partial charge in [0.1, 0.15) is 5.65 Å². The van der Waals surface area contributed by atoms with Crippen molar-refractivity contribution in [2.24, 2.45) is 5.92 Å². The van der Waals surface area contributed by atoms with Gasteiger partial charge in [-0.2, -0.15) is 0 Å². The van der Waals surface area contributed by atoms with Gasteiger partial charge < -0.3 is 5.32 Å². The van der Waals surface area contributed by atoms with E-state index in [1.54, 1.807) is 12.2 Å². The lowest BCUT2D eigenvalue weighted by atomic mass is 9.87. The van der Waals surface area contributed by atoms with E-state index >= 15 is 0 Å². The van der Waals surface area contributed by atoms with Gasteiger partial charge in [-0.25, -0.2) is 4.98 Å². The molecule has 3 rings (SSSR count). The number of nitrogens with one attached hydrogen (secondary N) is 1. The third kappa shape index (κ3) is 3.33. The number of rotatable bonds is 3. The molecule has 0 aromatic carbocycles.